The third-order valence-corrected chi connectivity index (χ3v) is 6.65. The summed E-state index contributed by atoms with van der Waals surface area (Å²) in [6.07, 6.45) is 0.745. The lowest BCUT2D eigenvalue weighted by Crippen LogP contribution is -2.33. The fraction of sp³-hybridized carbons (Fsp3) is 0.448. The van der Waals surface area contributed by atoms with E-state index in [1.165, 1.54) is 5.56 Å². The summed E-state index contributed by atoms with van der Waals surface area (Å²) in [5, 5.41) is 11.3. The van der Waals surface area contributed by atoms with Crippen LogP contribution in [0.1, 0.15) is 69.7 Å². The van der Waals surface area contributed by atoms with E-state index in [1.54, 1.807) is 29.2 Å². The zero-order valence-corrected chi connectivity index (χ0v) is 21.6. The first-order chi connectivity index (χ1) is 16.8. The molecular weight excluding hydrogens is 440 g/mol. The molecule has 1 saturated heterocycles. The van der Waals surface area contributed by atoms with Crippen molar-refractivity contribution in [2.24, 2.45) is 0 Å². The Morgan fingerprint density at radius 1 is 1.06 bits per heavy atom. The largest absolute Gasteiger partial charge is 0.507 e. The molecule has 1 unspecified atom stereocenters. The number of benzene rings is 2. The Labute approximate surface area is 209 Å². The van der Waals surface area contributed by atoms with Crippen molar-refractivity contribution in [3.8, 4) is 5.75 Å². The van der Waals surface area contributed by atoms with Gasteiger partial charge >= 0.3 is 0 Å². The number of rotatable bonds is 11. The highest BCUT2D eigenvalue weighted by Crippen LogP contribution is 2.40. The Bertz CT molecular complexity index is 1050. The van der Waals surface area contributed by atoms with Crippen LogP contribution < -0.4 is 4.74 Å². The van der Waals surface area contributed by atoms with Crippen molar-refractivity contribution in [2.75, 3.05) is 32.8 Å². The number of carbonyl (C=O) groups is 2. The molecule has 1 fully saturated rings. The molecule has 188 valence electrons. The van der Waals surface area contributed by atoms with Crippen LogP contribution in [0.25, 0.3) is 5.76 Å². The summed E-state index contributed by atoms with van der Waals surface area (Å²) < 4.78 is 5.57. The molecule has 0 saturated carbocycles. The van der Waals surface area contributed by atoms with Gasteiger partial charge in [0.1, 0.15) is 11.5 Å². The Morgan fingerprint density at radius 2 is 1.74 bits per heavy atom. The number of amides is 1. The van der Waals surface area contributed by atoms with E-state index in [9.17, 15) is 14.7 Å². The van der Waals surface area contributed by atoms with Crippen molar-refractivity contribution in [3.63, 3.8) is 0 Å². The molecule has 1 N–H and O–H groups in total. The third kappa shape index (κ3) is 5.93. The second-order valence-corrected chi connectivity index (χ2v) is 9.16. The molecular formula is C29H38N2O4. The number of Topliss-reactive ketones (excluding diaryl/α,β-unsaturated/α-hetero) is 1. The molecule has 1 aliphatic rings. The van der Waals surface area contributed by atoms with Crippen molar-refractivity contribution in [2.45, 2.75) is 53.0 Å². The number of hydrogen-bond acceptors (Lipinski definition) is 5. The molecule has 0 aliphatic carbocycles. The molecule has 1 atom stereocenters. The van der Waals surface area contributed by atoms with Crippen LogP contribution in [0, 0.1) is 0 Å². The van der Waals surface area contributed by atoms with Gasteiger partial charge in [-0.3, -0.25) is 9.59 Å². The summed E-state index contributed by atoms with van der Waals surface area (Å²) in [6, 6.07) is 14.4. The first kappa shape index (κ1) is 26.5. The molecule has 0 bridgehead atoms. The van der Waals surface area contributed by atoms with Gasteiger partial charge in [-0.1, -0.05) is 64.1 Å². The van der Waals surface area contributed by atoms with Crippen molar-refractivity contribution in [1.82, 2.24) is 9.80 Å². The molecule has 2 aromatic rings. The normalized spacial score (nSPS) is 17.6. The molecule has 3 rings (SSSR count). The number of hydrogen-bond donors (Lipinski definition) is 1. The van der Waals surface area contributed by atoms with E-state index < -0.39 is 17.7 Å². The standard InChI is InChI=1S/C29H38N2O4/c1-6-30(7-2)17-10-18-31-26(22-15-13-21(14-16-22)20(4)5)25(28(33)29(31)34)27(32)23-11-9-12-24(19-23)35-8-3/h9,11-16,19-20,26,32H,6-8,10,17-18H2,1-5H3/b27-25+. The van der Waals surface area contributed by atoms with E-state index >= 15 is 0 Å². The molecule has 1 aliphatic heterocycles. The first-order valence-corrected chi connectivity index (χ1v) is 12.7. The Balaban J connectivity index is 2.04. The van der Waals surface area contributed by atoms with Gasteiger partial charge in [0.2, 0.25) is 0 Å². The van der Waals surface area contributed by atoms with Gasteiger partial charge in [0.05, 0.1) is 18.2 Å². The maximum Gasteiger partial charge on any atom is 0.295 e. The fourth-order valence-electron chi connectivity index (χ4n) is 4.58. The number of nitrogens with zero attached hydrogens (tertiary/aromatic N) is 2. The monoisotopic (exact) mass is 478 g/mol. The van der Waals surface area contributed by atoms with Gasteiger partial charge in [-0.2, -0.15) is 0 Å². The maximum atomic E-state index is 13.3. The molecule has 6 heteroatoms. The third-order valence-electron chi connectivity index (χ3n) is 6.65. The highest BCUT2D eigenvalue weighted by atomic mass is 16.5. The summed E-state index contributed by atoms with van der Waals surface area (Å²) in [6.45, 7) is 14.0. The SMILES string of the molecule is CCOc1cccc(/C(O)=C2\C(=O)C(=O)N(CCCN(CC)CC)C2c2ccc(C(C)C)cc2)c1. The number of carbonyl (C=O) groups excluding carboxylic acids is 2. The lowest BCUT2D eigenvalue weighted by molar-refractivity contribution is -0.140. The summed E-state index contributed by atoms with van der Waals surface area (Å²) in [5.41, 5.74) is 2.58. The van der Waals surface area contributed by atoms with Crippen molar-refractivity contribution in [3.05, 3.63) is 70.8 Å². The van der Waals surface area contributed by atoms with E-state index in [0.717, 1.165) is 31.6 Å². The van der Waals surface area contributed by atoms with E-state index in [0.29, 0.717) is 30.4 Å². The maximum absolute atomic E-state index is 13.3. The van der Waals surface area contributed by atoms with Crippen LogP contribution in [0.3, 0.4) is 0 Å². The smallest absolute Gasteiger partial charge is 0.295 e. The molecule has 0 radical (unpaired) electrons. The lowest BCUT2D eigenvalue weighted by Gasteiger charge is -2.27. The Kier molecular flexibility index (Phi) is 9.10. The molecule has 6 nitrogen and oxygen atoms in total. The van der Waals surface area contributed by atoms with E-state index in [-0.39, 0.29) is 11.3 Å². The molecule has 35 heavy (non-hydrogen) atoms. The minimum absolute atomic E-state index is 0.129. The average molecular weight is 479 g/mol. The number of ether oxygens (including phenoxy) is 1. The minimum Gasteiger partial charge on any atom is -0.507 e. The van der Waals surface area contributed by atoms with Crippen LogP contribution in [0.4, 0.5) is 0 Å². The Hall–Kier alpha value is -3.12. The molecule has 0 spiro atoms. The van der Waals surface area contributed by atoms with Gasteiger partial charge in [-0.05, 0) is 62.2 Å². The second kappa shape index (κ2) is 12.0. The van der Waals surface area contributed by atoms with Crippen molar-refractivity contribution >= 4 is 17.4 Å². The van der Waals surface area contributed by atoms with Gasteiger partial charge in [0.15, 0.2) is 0 Å². The van der Waals surface area contributed by atoms with Crippen LogP contribution in [0.2, 0.25) is 0 Å². The van der Waals surface area contributed by atoms with Gasteiger partial charge in [-0.25, -0.2) is 0 Å². The predicted molar refractivity (Wildman–Crippen MR) is 140 cm³/mol. The van der Waals surface area contributed by atoms with Crippen molar-refractivity contribution < 1.29 is 19.4 Å². The van der Waals surface area contributed by atoms with Crippen LogP contribution in [0.15, 0.2) is 54.1 Å². The van der Waals surface area contributed by atoms with Gasteiger partial charge in [-0.15, -0.1) is 0 Å². The molecule has 0 aromatic heterocycles. The highest BCUT2D eigenvalue weighted by Gasteiger charge is 2.45. The molecule has 2 aromatic carbocycles. The fourth-order valence-corrected chi connectivity index (χ4v) is 4.58. The first-order valence-electron chi connectivity index (χ1n) is 12.7. The highest BCUT2D eigenvalue weighted by molar-refractivity contribution is 6.46. The average Bonchev–Trinajstić information content (AvgIpc) is 3.11. The van der Waals surface area contributed by atoms with Gasteiger partial charge in [0.25, 0.3) is 11.7 Å². The lowest BCUT2D eigenvalue weighted by atomic mass is 9.93. The summed E-state index contributed by atoms with van der Waals surface area (Å²) >= 11 is 0. The minimum atomic E-state index is -0.648. The van der Waals surface area contributed by atoms with E-state index in [1.807, 2.05) is 31.2 Å². The van der Waals surface area contributed by atoms with E-state index in [4.69, 9.17) is 4.74 Å². The van der Waals surface area contributed by atoms with Gasteiger partial charge in [0, 0.05) is 12.1 Å². The van der Waals surface area contributed by atoms with Crippen molar-refractivity contribution in [1.29, 1.82) is 0 Å². The van der Waals surface area contributed by atoms with E-state index in [2.05, 4.69) is 32.6 Å². The number of likely N-dealkylation sites (tertiary alicyclic amines) is 1. The zero-order valence-electron chi connectivity index (χ0n) is 21.6. The zero-order chi connectivity index (χ0) is 25.5. The van der Waals surface area contributed by atoms with Gasteiger partial charge < -0.3 is 19.6 Å². The second-order valence-electron chi connectivity index (χ2n) is 9.16. The Morgan fingerprint density at radius 3 is 2.34 bits per heavy atom. The quantitative estimate of drug-likeness (QED) is 0.267. The molecule has 1 heterocycles. The van der Waals surface area contributed by atoms with Crippen LogP contribution in [-0.4, -0.2) is 59.4 Å². The number of aliphatic hydroxyl groups excluding tert-OH is 1. The van der Waals surface area contributed by atoms with Crippen LogP contribution in [-0.2, 0) is 9.59 Å². The number of ketones is 1. The van der Waals surface area contributed by atoms with Crippen LogP contribution >= 0.6 is 0 Å². The van der Waals surface area contributed by atoms with Crippen LogP contribution in [0.5, 0.6) is 5.75 Å². The topological polar surface area (TPSA) is 70.1 Å². The summed E-state index contributed by atoms with van der Waals surface area (Å²) in [7, 11) is 0. The summed E-state index contributed by atoms with van der Waals surface area (Å²) in [5.74, 6) is -0.419. The summed E-state index contributed by atoms with van der Waals surface area (Å²) in [4.78, 5) is 30.4. The predicted octanol–water partition coefficient (Wildman–Crippen LogP) is 5.36. The molecule has 1 amide bonds. The number of aliphatic hydroxyl groups is 1.